The molecule has 84 valence electrons. The lowest BCUT2D eigenvalue weighted by molar-refractivity contribution is 0.334. The number of hydrogen-bond donors (Lipinski definition) is 0. The minimum Gasteiger partial charge on any atom is -0.163 e. The van der Waals surface area contributed by atoms with Crippen molar-refractivity contribution in [1.82, 2.24) is 0 Å². The van der Waals surface area contributed by atoms with Crippen LogP contribution in [0.25, 0.3) is 0 Å². The van der Waals surface area contributed by atoms with Crippen LogP contribution >= 0.6 is 0 Å². The van der Waals surface area contributed by atoms with Gasteiger partial charge in [-0.25, -0.2) is 0 Å². The number of hydrogen-bond acceptors (Lipinski definition) is 2. The highest BCUT2D eigenvalue weighted by Gasteiger charge is 2.59. The van der Waals surface area contributed by atoms with E-state index in [0.29, 0.717) is 17.3 Å². The minimum atomic E-state index is 0.167. The highest BCUT2D eigenvalue weighted by molar-refractivity contribution is 5.99. The molecule has 1 heterocycles. The Labute approximate surface area is 92.9 Å². The maximum absolute atomic E-state index is 4.37. The van der Waals surface area contributed by atoms with Gasteiger partial charge in [-0.1, -0.05) is 41.5 Å². The first-order valence-electron chi connectivity index (χ1n) is 5.84. The smallest absolute Gasteiger partial charge is 0.0499 e. The summed E-state index contributed by atoms with van der Waals surface area (Å²) >= 11 is 0. The minimum absolute atomic E-state index is 0.167. The molecule has 0 saturated heterocycles. The van der Waals surface area contributed by atoms with E-state index in [2.05, 4.69) is 58.0 Å². The molecular weight excluding hydrogens is 184 g/mol. The molecule has 2 aliphatic rings. The Hall–Kier alpha value is -0.660. The fourth-order valence-corrected chi connectivity index (χ4v) is 2.88. The molecule has 2 rings (SSSR count). The van der Waals surface area contributed by atoms with E-state index in [9.17, 15) is 0 Å². The van der Waals surface area contributed by atoms with Gasteiger partial charge in [-0.2, -0.15) is 10.2 Å². The van der Waals surface area contributed by atoms with Crippen molar-refractivity contribution in [1.29, 1.82) is 0 Å². The van der Waals surface area contributed by atoms with Crippen LogP contribution in [-0.2, 0) is 0 Å². The fraction of sp³-hybridized carbons (Fsp3) is 0.846. The van der Waals surface area contributed by atoms with Gasteiger partial charge in [0.05, 0.1) is 0 Å². The van der Waals surface area contributed by atoms with Crippen molar-refractivity contribution in [2.24, 2.45) is 38.8 Å². The van der Waals surface area contributed by atoms with Crippen molar-refractivity contribution in [3.63, 3.8) is 0 Å². The predicted octanol–water partition coefficient (Wildman–Crippen LogP) is 3.38. The third-order valence-corrected chi connectivity index (χ3v) is 3.56. The predicted molar refractivity (Wildman–Crippen MR) is 65.3 cm³/mol. The Morgan fingerprint density at radius 3 is 2.13 bits per heavy atom. The van der Waals surface area contributed by atoms with Crippen molar-refractivity contribution in [2.75, 3.05) is 0 Å². The van der Waals surface area contributed by atoms with Gasteiger partial charge in [-0.15, -0.1) is 0 Å². The van der Waals surface area contributed by atoms with Crippen molar-refractivity contribution >= 4 is 11.9 Å². The third-order valence-electron chi connectivity index (χ3n) is 3.56. The monoisotopic (exact) mass is 206 g/mol. The molecule has 15 heavy (non-hydrogen) atoms. The maximum atomic E-state index is 4.37. The zero-order chi connectivity index (χ0) is 11.4. The number of nitrogens with zero attached hydrogens (tertiary/aromatic N) is 2. The van der Waals surface area contributed by atoms with Gasteiger partial charge in [0, 0.05) is 29.2 Å². The molecular formula is C13H22N2. The van der Waals surface area contributed by atoms with E-state index in [0.717, 1.165) is 5.92 Å². The van der Waals surface area contributed by atoms with Gasteiger partial charge in [-0.3, -0.25) is 0 Å². The van der Waals surface area contributed by atoms with Gasteiger partial charge in [-0.05, 0) is 11.3 Å². The summed E-state index contributed by atoms with van der Waals surface area (Å²) in [6.07, 6.45) is 2.05. The molecule has 0 spiro atoms. The van der Waals surface area contributed by atoms with Crippen LogP contribution < -0.4 is 0 Å². The van der Waals surface area contributed by atoms with Crippen LogP contribution in [-0.4, -0.2) is 11.9 Å². The fourth-order valence-electron chi connectivity index (χ4n) is 2.88. The molecule has 2 heteroatoms. The van der Waals surface area contributed by atoms with Gasteiger partial charge < -0.3 is 0 Å². The van der Waals surface area contributed by atoms with Crippen molar-refractivity contribution < 1.29 is 0 Å². The van der Waals surface area contributed by atoms with Crippen LogP contribution in [0.4, 0.5) is 0 Å². The molecule has 3 atom stereocenters. The molecule has 0 bridgehead atoms. The van der Waals surface area contributed by atoms with E-state index < -0.39 is 0 Å². The largest absolute Gasteiger partial charge is 0.163 e. The van der Waals surface area contributed by atoms with Crippen molar-refractivity contribution in [2.45, 2.75) is 41.5 Å². The van der Waals surface area contributed by atoms with Crippen LogP contribution in [0.3, 0.4) is 0 Å². The lowest BCUT2D eigenvalue weighted by Gasteiger charge is -2.24. The number of fused-ring (bicyclic) bond motifs is 1. The van der Waals surface area contributed by atoms with Gasteiger partial charge in [0.1, 0.15) is 0 Å². The van der Waals surface area contributed by atoms with E-state index in [1.807, 2.05) is 0 Å². The van der Waals surface area contributed by atoms with Crippen LogP contribution in [0.15, 0.2) is 10.2 Å². The summed E-state index contributed by atoms with van der Waals surface area (Å²) in [4.78, 5) is 0. The summed E-state index contributed by atoms with van der Waals surface area (Å²) in [6, 6.07) is 0. The zero-order valence-electron chi connectivity index (χ0n) is 10.7. The molecule has 0 aromatic rings. The Balaban J connectivity index is 2.25. The van der Waals surface area contributed by atoms with E-state index in [1.54, 1.807) is 0 Å². The molecule has 0 aromatic carbocycles. The molecule has 1 aliphatic carbocycles. The first-order valence-corrected chi connectivity index (χ1v) is 5.84. The molecule has 0 amide bonds. The van der Waals surface area contributed by atoms with Crippen LogP contribution in [0, 0.1) is 28.6 Å². The van der Waals surface area contributed by atoms with Crippen molar-refractivity contribution in [3.8, 4) is 0 Å². The normalized spacial score (nSPS) is 34.8. The lowest BCUT2D eigenvalue weighted by Crippen LogP contribution is -2.25. The molecule has 1 saturated carbocycles. The first kappa shape index (κ1) is 10.8. The Morgan fingerprint density at radius 1 is 1.07 bits per heavy atom. The maximum Gasteiger partial charge on any atom is 0.0499 e. The highest BCUT2D eigenvalue weighted by Crippen LogP contribution is 2.58. The van der Waals surface area contributed by atoms with Crippen LogP contribution in [0.5, 0.6) is 0 Å². The molecule has 0 N–H and O–H groups in total. The van der Waals surface area contributed by atoms with Crippen LogP contribution in [0.2, 0.25) is 0 Å². The quantitative estimate of drug-likeness (QED) is 0.580. The van der Waals surface area contributed by atoms with Crippen LogP contribution in [0.1, 0.15) is 41.5 Å². The summed E-state index contributed by atoms with van der Waals surface area (Å²) in [5.74, 6) is 2.04. The Morgan fingerprint density at radius 2 is 1.67 bits per heavy atom. The molecule has 2 nitrogen and oxygen atoms in total. The third kappa shape index (κ3) is 1.75. The summed E-state index contributed by atoms with van der Waals surface area (Å²) in [6.45, 7) is 13.7. The Bertz CT molecular complexity index is 325. The Kier molecular flexibility index (Phi) is 2.12. The zero-order valence-corrected chi connectivity index (χ0v) is 10.7. The van der Waals surface area contributed by atoms with E-state index in [1.165, 1.54) is 5.71 Å². The van der Waals surface area contributed by atoms with Crippen molar-refractivity contribution in [3.05, 3.63) is 0 Å². The highest BCUT2D eigenvalue weighted by atomic mass is 15.2. The lowest BCUT2D eigenvalue weighted by atomic mass is 9.82. The topological polar surface area (TPSA) is 24.7 Å². The standard InChI is InChI=1S/C13H22N2/c1-12(2,3)10-8-7-14-15-11(9(8)10)13(4,5)6/h7-10H,1-6H3. The van der Waals surface area contributed by atoms with Gasteiger partial charge in [0.15, 0.2) is 0 Å². The van der Waals surface area contributed by atoms with E-state index in [4.69, 9.17) is 0 Å². The second-order valence-corrected chi connectivity index (χ2v) is 6.99. The molecule has 1 aliphatic heterocycles. The summed E-state index contributed by atoms with van der Waals surface area (Å²) in [7, 11) is 0. The number of rotatable bonds is 0. The molecule has 3 unspecified atom stereocenters. The SMILES string of the molecule is CC(C)(C)C1=NN=CC2C1C2C(C)(C)C. The van der Waals surface area contributed by atoms with E-state index in [-0.39, 0.29) is 5.41 Å². The molecule has 0 aromatic heterocycles. The summed E-state index contributed by atoms with van der Waals surface area (Å²) in [5.41, 5.74) is 1.84. The van der Waals surface area contributed by atoms with Gasteiger partial charge in [0.2, 0.25) is 0 Å². The second kappa shape index (κ2) is 2.93. The van der Waals surface area contributed by atoms with E-state index >= 15 is 0 Å². The molecule has 1 fully saturated rings. The average Bonchev–Trinajstić information content (AvgIpc) is 2.73. The van der Waals surface area contributed by atoms with Gasteiger partial charge >= 0.3 is 0 Å². The summed E-state index contributed by atoms with van der Waals surface area (Å²) in [5, 5.41) is 8.55. The average molecular weight is 206 g/mol. The second-order valence-electron chi connectivity index (χ2n) is 6.99. The van der Waals surface area contributed by atoms with Gasteiger partial charge in [0.25, 0.3) is 0 Å². The molecule has 0 radical (unpaired) electrons. The summed E-state index contributed by atoms with van der Waals surface area (Å²) < 4.78 is 0. The first-order chi connectivity index (χ1) is 6.73.